The Balaban J connectivity index is 0.989. The van der Waals surface area contributed by atoms with Crippen LogP contribution in [-0.2, 0) is 0 Å². The Morgan fingerprint density at radius 2 is 0.610 bits per heavy atom. The molecule has 11 aromatic carbocycles. The quantitative estimate of drug-likeness (QED) is 0.173. The van der Waals surface area contributed by atoms with Gasteiger partial charge in [0.05, 0.1) is 50.5 Å². The van der Waals surface area contributed by atoms with E-state index >= 15 is 9.59 Å². The van der Waals surface area contributed by atoms with Gasteiger partial charge in [0.2, 0.25) is 0 Å². The van der Waals surface area contributed by atoms with Gasteiger partial charge in [0.1, 0.15) is 0 Å². The molecular formula is C72H41N3O2. The first-order valence-corrected chi connectivity index (χ1v) is 26.9. The highest BCUT2D eigenvalue weighted by Crippen LogP contribution is 2.56. The average molecular weight is 980 g/mol. The number of carbonyl (C=O) groups excluding carboxylic acids is 2. The van der Waals surface area contributed by atoms with Gasteiger partial charge >= 0.3 is 0 Å². The van der Waals surface area contributed by atoms with E-state index in [1.54, 1.807) is 0 Å². The zero-order valence-corrected chi connectivity index (χ0v) is 41.3. The normalized spacial score (nSPS) is 17.9. The molecule has 4 heterocycles. The van der Waals surface area contributed by atoms with Crippen molar-refractivity contribution in [2.24, 2.45) is 0 Å². The third kappa shape index (κ3) is 4.84. The Labute approximate surface area is 440 Å². The third-order valence-corrected chi connectivity index (χ3v) is 18.6. The van der Waals surface area contributed by atoms with Gasteiger partial charge < -0.3 is 13.5 Å². The van der Waals surface area contributed by atoms with E-state index < -0.39 is 11.8 Å². The topological polar surface area (TPSA) is 48.4 Å². The molecule has 21 rings (SSSR count). The number of hydrogen-bond donors (Lipinski definition) is 0. The summed E-state index contributed by atoms with van der Waals surface area (Å²) in [6.07, 6.45) is 0. The second kappa shape index (κ2) is 14.1. The lowest BCUT2D eigenvalue weighted by molar-refractivity contribution is 0.0966. The number of nitrogens with zero attached hydrogens (tertiary/aromatic N) is 3. The molecule has 0 atom stereocenters. The first-order chi connectivity index (χ1) is 38.1. The van der Waals surface area contributed by atoms with Crippen molar-refractivity contribution >= 4 is 93.3 Å². The van der Waals surface area contributed by atoms with Crippen molar-refractivity contribution in [1.29, 1.82) is 0 Å². The average Bonchev–Trinajstić information content (AvgIpc) is 4.14. The second-order valence-corrected chi connectivity index (χ2v) is 22.0. The summed E-state index contributed by atoms with van der Waals surface area (Å²) in [6, 6.07) is 81.4. The predicted molar refractivity (Wildman–Crippen MR) is 310 cm³/mol. The zero-order chi connectivity index (χ0) is 50.1. The molecule has 356 valence electrons. The summed E-state index contributed by atoms with van der Waals surface area (Å²) in [5.41, 5.74) is 22.6. The molecule has 4 bridgehead atoms. The van der Waals surface area contributed by atoms with Gasteiger partial charge in [-0.3, -0.25) is 9.59 Å². The summed E-state index contributed by atoms with van der Waals surface area (Å²) in [5.74, 6) is -0.768. The maximum atomic E-state index is 15.6. The molecule has 6 aliphatic rings. The first kappa shape index (κ1) is 40.5. The van der Waals surface area contributed by atoms with Gasteiger partial charge in [0.15, 0.2) is 11.6 Å². The Bertz CT molecular complexity index is 4940. The van der Waals surface area contributed by atoms with Crippen LogP contribution in [0.5, 0.6) is 0 Å². The van der Waals surface area contributed by atoms with Crippen LogP contribution in [-0.4, -0.2) is 25.1 Å². The van der Waals surface area contributed by atoms with Crippen LogP contribution < -0.4 is 0 Å². The van der Waals surface area contributed by atoms with Crippen LogP contribution in [0.25, 0.3) is 93.1 Å². The number of carbonyl (C=O) groups is 2. The minimum absolute atomic E-state index is 0.113. The van der Waals surface area contributed by atoms with E-state index in [1.807, 2.05) is 0 Å². The van der Waals surface area contributed by atoms with Crippen LogP contribution in [0.3, 0.4) is 0 Å². The van der Waals surface area contributed by atoms with Crippen molar-refractivity contribution in [3.63, 3.8) is 0 Å². The molecule has 6 aliphatic carbocycles. The molecule has 0 fully saturated rings. The van der Waals surface area contributed by atoms with Gasteiger partial charge in [-0.1, -0.05) is 164 Å². The number of hydrogen-bond acceptors (Lipinski definition) is 2. The molecule has 77 heavy (non-hydrogen) atoms. The van der Waals surface area contributed by atoms with Crippen molar-refractivity contribution in [2.75, 3.05) is 0 Å². The molecule has 0 saturated carbocycles. The molecule has 0 amide bonds. The van der Waals surface area contributed by atoms with E-state index in [0.29, 0.717) is 0 Å². The molecule has 0 aliphatic heterocycles. The van der Waals surface area contributed by atoms with E-state index in [2.05, 4.69) is 238 Å². The molecule has 0 saturated heterocycles. The zero-order valence-electron chi connectivity index (χ0n) is 41.3. The molecule has 0 N–H and O–H groups in total. The number of rotatable bonds is 2. The lowest BCUT2D eigenvalue weighted by atomic mass is 9.72. The minimum Gasteiger partial charge on any atom is -0.308 e. The predicted octanol–water partition coefficient (Wildman–Crippen LogP) is 16.7. The van der Waals surface area contributed by atoms with Crippen molar-refractivity contribution in [3.05, 3.63) is 291 Å². The van der Waals surface area contributed by atoms with Crippen molar-refractivity contribution < 1.29 is 9.59 Å². The van der Waals surface area contributed by atoms with Crippen molar-refractivity contribution in [2.45, 2.75) is 23.7 Å². The number of benzene rings is 11. The van der Waals surface area contributed by atoms with Crippen LogP contribution in [0.15, 0.2) is 224 Å². The van der Waals surface area contributed by atoms with Gasteiger partial charge in [-0.2, -0.15) is 0 Å². The van der Waals surface area contributed by atoms with E-state index in [4.69, 9.17) is 0 Å². The summed E-state index contributed by atoms with van der Waals surface area (Å²) in [4.78, 5) is 31.2. The van der Waals surface area contributed by atoms with Crippen LogP contribution in [0.4, 0.5) is 0 Å². The Morgan fingerprint density at radius 3 is 1.04 bits per heavy atom. The largest absolute Gasteiger partial charge is 0.308 e. The Kier molecular flexibility index (Phi) is 7.42. The lowest BCUT2D eigenvalue weighted by Gasteiger charge is -2.30. The molecule has 5 heteroatoms. The van der Waals surface area contributed by atoms with E-state index in [-0.39, 0.29) is 23.4 Å². The summed E-state index contributed by atoms with van der Waals surface area (Å²) < 4.78 is 7.37. The Hall–Kier alpha value is -9.84. The molecular weight excluding hydrogens is 939 g/mol. The van der Waals surface area contributed by atoms with Gasteiger partial charge in [-0.15, -0.1) is 0 Å². The molecule has 5 nitrogen and oxygen atoms in total. The van der Waals surface area contributed by atoms with E-state index in [1.165, 1.54) is 43.8 Å². The highest BCUT2D eigenvalue weighted by Gasteiger charge is 2.45. The van der Waals surface area contributed by atoms with Gasteiger partial charge in [0, 0.05) is 77.4 Å². The summed E-state index contributed by atoms with van der Waals surface area (Å²) in [5, 5.41) is 9.16. The van der Waals surface area contributed by atoms with Crippen LogP contribution in [0.2, 0.25) is 0 Å². The summed E-state index contributed by atoms with van der Waals surface area (Å²) >= 11 is 0. The van der Waals surface area contributed by atoms with Crippen LogP contribution in [0.1, 0.15) is 100 Å². The van der Waals surface area contributed by atoms with Crippen LogP contribution >= 0.6 is 0 Å². The molecule has 4 aromatic heterocycles. The molecule has 0 spiro atoms. The maximum Gasteiger partial charge on any atom is 0.175 e. The van der Waals surface area contributed by atoms with Gasteiger partial charge in [-0.05, 0) is 116 Å². The summed E-state index contributed by atoms with van der Waals surface area (Å²) in [7, 11) is 0. The second-order valence-electron chi connectivity index (χ2n) is 22.0. The lowest BCUT2D eigenvalue weighted by Crippen LogP contribution is -2.19. The molecule has 0 radical (unpaired) electrons. The smallest absolute Gasteiger partial charge is 0.175 e. The fourth-order valence-corrected chi connectivity index (χ4v) is 15.7. The van der Waals surface area contributed by atoms with E-state index in [0.717, 1.165) is 116 Å². The number of para-hydroxylation sites is 3. The number of fused-ring (bicyclic) bond motifs is 13. The first-order valence-electron chi connectivity index (χ1n) is 26.9. The van der Waals surface area contributed by atoms with Crippen molar-refractivity contribution in [1.82, 2.24) is 13.5 Å². The minimum atomic E-state index is -0.402. The number of ketones is 2. The SMILES string of the molecule is O=C1c2cc3c(cc2C2c4ccccc4C1c1ccccc12)c1cc(-n2c4ccccc4c4ccc5c6ccccc6n(-c6ccccc6)c5c42)cc2c4cc5c(cc4n3c12)C(=O)C1c2ccccc2C5c2ccccc21. The summed E-state index contributed by atoms with van der Waals surface area (Å²) in [6.45, 7) is 0. The monoisotopic (exact) mass is 979 g/mol. The van der Waals surface area contributed by atoms with Crippen molar-refractivity contribution in [3.8, 4) is 11.4 Å². The third-order valence-electron chi connectivity index (χ3n) is 18.6. The fraction of sp³-hybridized carbons (Fsp3) is 0.0556. The molecule has 15 aromatic rings. The van der Waals surface area contributed by atoms with Gasteiger partial charge in [-0.25, -0.2) is 0 Å². The number of aromatic nitrogens is 3. The van der Waals surface area contributed by atoms with E-state index in [9.17, 15) is 0 Å². The number of Topliss-reactive ketones (excluding diaryl/α,β-unsaturated/α-hetero) is 2. The Morgan fingerprint density at radius 1 is 0.247 bits per heavy atom. The highest BCUT2D eigenvalue weighted by molar-refractivity contribution is 6.28. The fourth-order valence-electron chi connectivity index (χ4n) is 15.7. The molecule has 0 unspecified atom stereocenters. The maximum absolute atomic E-state index is 15.6. The highest BCUT2D eigenvalue weighted by atomic mass is 16.1. The van der Waals surface area contributed by atoms with Gasteiger partial charge in [0.25, 0.3) is 0 Å². The standard InChI is InChI=1S/C72H41N3O2/c76-71-58-36-62-52(34-54(58)64-42-20-4-8-24-46(42)66(71)47-25-9-5-21-43(47)64)56-32-39(74-61-29-15-13-19-41(61)51-31-30-50-40-18-12-14-28-60(40)73(69(50)70(51)74)38-16-2-1-3-17-38)33-57-53-35-55-59(37-63(53)75(62)68(56)57)72(77)67-48-26-10-6-22-44(48)65(55)45-23-7-11-27-49(45)67/h1-37,64-67H. The van der Waals surface area contributed by atoms with Crippen LogP contribution in [0, 0.1) is 0 Å².